The van der Waals surface area contributed by atoms with Crippen molar-refractivity contribution >= 4 is 11.9 Å². The summed E-state index contributed by atoms with van der Waals surface area (Å²) in [6.07, 6.45) is -4.37. The van der Waals surface area contributed by atoms with Crippen LogP contribution in [0.15, 0.2) is 41.4 Å². The summed E-state index contributed by atoms with van der Waals surface area (Å²) in [5.41, 5.74) is 1.68. The van der Waals surface area contributed by atoms with Gasteiger partial charge in [-0.25, -0.2) is 4.99 Å². The van der Waals surface area contributed by atoms with Gasteiger partial charge in [-0.2, -0.15) is 13.2 Å². The van der Waals surface area contributed by atoms with Crippen molar-refractivity contribution in [1.29, 1.82) is 0 Å². The number of halogens is 3. The number of carbonyl (C=O) groups excluding carboxylic acids is 1. The average Bonchev–Trinajstić information content (AvgIpc) is 2.59. The van der Waals surface area contributed by atoms with E-state index in [1.807, 2.05) is 6.92 Å². The van der Waals surface area contributed by atoms with Crippen LogP contribution in [0, 0.1) is 0 Å². The fourth-order valence-corrected chi connectivity index (χ4v) is 1.75. The highest BCUT2D eigenvalue weighted by atomic mass is 19.4. The number of rotatable bonds is 8. The quantitative estimate of drug-likeness (QED) is 0.409. The third kappa shape index (κ3) is 10.1. The van der Waals surface area contributed by atoms with Crippen LogP contribution >= 0.6 is 0 Å². The Labute approximate surface area is 157 Å². The van der Waals surface area contributed by atoms with E-state index in [1.54, 1.807) is 26.2 Å². The van der Waals surface area contributed by atoms with Crippen molar-refractivity contribution in [2.45, 2.75) is 19.6 Å². The van der Waals surface area contributed by atoms with Crippen LogP contribution in [0.4, 0.5) is 13.2 Å². The first-order valence-corrected chi connectivity index (χ1v) is 8.22. The second-order valence-electron chi connectivity index (χ2n) is 6.17. The maximum Gasteiger partial charge on any atom is 0.422 e. The number of guanidine groups is 1. The molecule has 0 unspecified atom stereocenters. The number of ether oxygens (including phenoxy) is 1. The third-order valence-corrected chi connectivity index (χ3v) is 3.21. The second-order valence-corrected chi connectivity index (χ2v) is 6.17. The molecule has 150 valence electrons. The number of likely N-dealkylation sites (N-methyl/N-ethyl adjacent to an activating group) is 1. The monoisotopic (exact) mass is 386 g/mol. The molecule has 1 aromatic carbocycles. The van der Waals surface area contributed by atoms with Gasteiger partial charge in [-0.1, -0.05) is 24.3 Å². The summed E-state index contributed by atoms with van der Waals surface area (Å²) in [7, 11) is 3.31. The number of benzene rings is 1. The lowest BCUT2D eigenvalue weighted by Gasteiger charge is -2.15. The molecule has 0 heterocycles. The van der Waals surface area contributed by atoms with Crippen LogP contribution in [-0.2, 0) is 11.3 Å². The second kappa shape index (κ2) is 10.4. The van der Waals surface area contributed by atoms with Crippen LogP contribution < -0.4 is 15.4 Å². The zero-order valence-electron chi connectivity index (χ0n) is 15.7. The van der Waals surface area contributed by atoms with E-state index in [0.29, 0.717) is 12.5 Å². The molecule has 6 nitrogen and oxygen atoms in total. The predicted octanol–water partition coefficient (Wildman–Crippen LogP) is 2.33. The van der Waals surface area contributed by atoms with Crippen LogP contribution in [0.5, 0.6) is 5.75 Å². The van der Waals surface area contributed by atoms with Gasteiger partial charge in [-0.3, -0.25) is 4.79 Å². The number of carbonyl (C=O) groups is 1. The minimum atomic E-state index is -4.37. The molecule has 1 amide bonds. The van der Waals surface area contributed by atoms with Crippen LogP contribution in [0.1, 0.15) is 12.5 Å². The number of alkyl halides is 3. The summed E-state index contributed by atoms with van der Waals surface area (Å²) < 4.78 is 41.1. The van der Waals surface area contributed by atoms with Crippen molar-refractivity contribution < 1.29 is 22.7 Å². The van der Waals surface area contributed by atoms with Crippen LogP contribution in [0.25, 0.3) is 0 Å². The summed E-state index contributed by atoms with van der Waals surface area (Å²) in [5.74, 6) is 0.465. The first-order chi connectivity index (χ1) is 12.6. The van der Waals surface area contributed by atoms with Gasteiger partial charge in [-0.15, -0.1) is 0 Å². The highest BCUT2D eigenvalue weighted by molar-refractivity contribution is 5.86. The summed E-state index contributed by atoms with van der Waals surface area (Å²) in [6, 6.07) is 6.19. The summed E-state index contributed by atoms with van der Waals surface area (Å²) in [6.45, 7) is 5.18. The van der Waals surface area contributed by atoms with E-state index >= 15 is 0 Å². The van der Waals surface area contributed by atoms with Crippen molar-refractivity contribution in [3.8, 4) is 5.75 Å². The van der Waals surface area contributed by atoms with E-state index in [9.17, 15) is 18.0 Å². The number of aliphatic imine (C=N–C) groups is 1. The summed E-state index contributed by atoms with van der Waals surface area (Å²) in [4.78, 5) is 17.5. The normalized spacial score (nSPS) is 11.7. The van der Waals surface area contributed by atoms with Gasteiger partial charge in [-0.05, 0) is 24.6 Å². The minimum absolute atomic E-state index is 0.0826. The Kier molecular flexibility index (Phi) is 8.64. The molecule has 0 saturated heterocycles. The number of nitrogens with one attached hydrogen (secondary N) is 2. The van der Waals surface area contributed by atoms with Crippen LogP contribution in [0.2, 0.25) is 0 Å². The highest BCUT2D eigenvalue weighted by Crippen LogP contribution is 2.19. The van der Waals surface area contributed by atoms with Gasteiger partial charge in [0.1, 0.15) is 5.75 Å². The van der Waals surface area contributed by atoms with Crippen LogP contribution in [-0.4, -0.2) is 56.7 Å². The van der Waals surface area contributed by atoms with Crippen molar-refractivity contribution in [2.75, 3.05) is 33.8 Å². The molecule has 0 aliphatic carbocycles. The average molecular weight is 386 g/mol. The van der Waals surface area contributed by atoms with Gasteiger partial charge < -0.3 is 20.3 Å². The summed E-state index contributed by atoms with van der Waals surface area (Å²) in [5, 5.41) is 5.98. The van der Waals surface area contributed by atoms with E-state index in [2.05, 4.69) is 26.9 Å². The van der Waals surface area contributed by atoms with Gasteiger partial charge in [0.15, 0.2) is 12.6 Å². The fourth-order valence-electron chi connectivity index (χ4n) is 1.75. The lowest BCUT2D eigenvalue weighted by atomic mass is 10.2. The molecule has 0 atom stereocenters. The number of hydrogen-bond acceptors (Lipinski definition) is 3. The van der Waals surface area contributed by atoms with E-state index in [0.717, 1.165) is 11.1 Å². The number of nitrogens with zero attached hydrogens (tertiary/aromatic N) is 2. The molecular formula is C18H25F3N4O2. The van der Waals surface area contributed by atoms with Gasteiger partial charge in [0.25, 0.3) is 0 Å². The maximum atomic E-state index is 12.1. The van der Waals surface area contributed by atoms with E-state index in [-0.39, 0.29) is 24.7 Å². The molecule has 0 bridgehead atoms. The Balaban J connectivity index is 2.67. The van der Waals surface area contributed by atoms with Gasteiger partial charge >= 0.3 is 6.18 Å². The van der Waals surface area contributed by atoms with E-state index < -0.39 is 12.8 Å². The summed E-state index contributed by atoms with van der Waals surface area (Å²) >= 11 is 0. The first kappa shape index (κ1) is 22.3. The standard InChI is InChI=1S/C18H25F3N4O2/c1-13(2)9-22-17(24-11-16(26)25(3)4)23-10-14-5-7-15(8-6-14)27-12-18(19,20)21/h5-8H,1,9-12H2,2-4H3,(H2,22,23,24). The lowest BCUT2D eigenvalue weighted by Crippen LogP contribution is -2.43. The molecular weight excluding hydrogens is 361 g/mol. The number of hydrogen-bond donors (Lipinski definition) is 2. The predicted molar refractivity (Wildman–Crippen MR) is 98.6 cm³/mol. The largest absolute Gasteiger partial charge is 0.484 e. The molecule has 1 rings (SSSR count). The Morgan fingerprint density at radius 3 is 2.30 bits per heavy atom. The van der Waals surface area contributed by atoms with Crippen molar-refractivity contribution in [3.05, 3.63) is 42.0 Å². The smallest absolute Gasteiger partial charge is 0.422 e. The third-order valence-electron chi connectivity index (χ3n) is 3.21. The molecule has 0 spiro atoms. The number of amides is 1. The molecule has 1 aromatic rings. The van der Waals surface area contributed by atoms with Crippen molar-refractivity contribution in [1.82, 2.24) is 15.5 Å². The highest BCUT2D eigenvalue weighted by Gasteiger charge is 2.28. The zero-order valence-corrected chi connectivity index (χ0v) is 15.7. The Bertz CT molecular complexity index is 656. The lowest BCUT2D eigenvalue weighted by molar-refractivity contribution is -0.153. The Morgan fingerprint density at radius 1 is 1.19 bits per heavy atom. The molecule has 2 N–H and O–H groups in total. The topological polar surface area (TPSA) is 66.0 Å². The molecule has 0 aliphatic rings. The molecule has 27 heavy (non-hydrogen) atoms. The fraction of sp³-hybridized carbons (Fsp3) is 0.444. The molecule has 0 aromatic heterocycles. The van der Waals surface area contributed by atoms with Gasteiger partial charge in [0.05, 0.1) is 13.1 Å². The van der Waals surface area contributed by atoms with Crippen molar-refractivity contribution in [3.63, 3.8) is 0 Å². The van der Waals surface area contributed by atoms with E-state index in [4.69, 9.17) is 0 Å². The maximum absolute atomic E-state index is 12.1. The molecule has 0 fully saturated rings. The van der Waals surface area contributed by atoms with Gasteiger partial charge in [0.2, 0.25) is 5.91 Å². The minimum Gasteiger partial charge on any atom is -0.484 e. The molecule has 0 aliphatic heterocycles. The SMILES string of the molecule is C=C(C)CNC(=NCc1ccc(OCC(F)(F)F)cc1)NCC(=O)N(C)C. The van der Waals surface area contributed by atoms with E-state index in [1.165, 1.54) is 17.0 Å². The van der Waals surface area contributed by atoms with Gasteiger partial charge in [0, 0.05) is 20.6 Å². The van der Waals surface area contributed by atoms with Crippen molar-refractivity contribution in [2.24, 2.45) is 4.99 Å². The molecule has 9 heteroatoms. The first-order valence-electron chi connectivity index (χ1n) is 8.22. The molecule has 0 saturated carbocycles. The zero-order chi connectivity index (χ0) is 20.4. The Morgan fingerprint density at radius 2 is 1.78 bits per heavy atom. The Hall–Kier alpha value is -2.71. The van der Waals surface area contributed by atoms with Crippen LogP contribution in [0.3, 0.4) is 0 Å². The molecule has 0 radical (unpaired) electrons.